The summed E-state index contributed by atoms with van der Waals surface area (Å²) in [5.74, 6) is -0.578. The van der Waals surface area contributed by atoms with Crippen LogP contribution in [0.3, 0.4) is 0 Å². The molecule has 0 aliphatic carbocycles. The van der Waals surface area contributed by atoms with Crippen molar-refractivity contribution in [1.29, 1.82) is 10.5 Å². The zero-order chi connectivity index (χ0) is 37.4. The van der Waals surface area contributed by atoms with E-state index in [1.807, 2.05) is 12.1 Å². The molecule has 0 N–H and O–H groups in total. The van der Waals surface area contributed by atoms with Crippen LogP contribution in [0.25, 0.3) is 11.3 Å². The van der Waals surface area contributed by atoms with Crippen molar-refractivity contribution in [3.05, 3.63) is 117 Å². The van der Waals surface area contributed by atoms with Gasteiger partial charge in [0.15, 0.2) is 11.3 Å². The van der Waals surface area contributed by atoms with Crippen LogP contribution in [-0.4, -0.2) is 67.7 Å². The molecule has 0 spiro atoms. The number of rotatable bonds is 5. The minimum atomic E-state index is -1.18. The Kier molecular flexibility index (Phi) is 9.68. The quantitative estimate of drug-likeness (QED) is 0.139. The van der Waals surface area contributed by atoms with Gasteiger partial charge in [-0.05, 0) is 59.7 Å². The molecule has 2 fully saturated rings. The summed E-state index contributed by atoms with van der Waals surface area (Å²) >= 11 is 3.42. The number of anilines is 2. The number of alkyl halides is 2. The summed E-state index contributed by atoms with van der Waals surface area (Å²) < 4.78 is 64.6. The molecule has 2 saturated heterocycles. The summed E-state index contributed by atoms with van der Waals surface area (Å²) in [6.07, 6.45) is 4.23. The first-order valence-corrected chi connectivity index (χ1v) is 17.0. The summed E-state index contributed by atoms with van der Waals surface area (Å²) in [7, 11) is 1.23. The minimum Gasteiger partial charge on any atom is -0.465 e. The van der Waals surface area contributed by atoms with Crippen LogP contribution in [0.15, 0.2) is 77.8 Å². The summed E-state index contributed by atoms with van der Waals surface area (Å²) in [6.45, 7) is 0.188. The van der Waals surface area contributed by atoms with Gasteiger partial charge in [-0.1, -0.05) is 15.9 Å². The van der Waals surface area contributed by atoms with E-state index < -0.39 is 30.2 Å². The Morgan fingerprint density at radius 1 is 0.792 bits per heavy atom. The van der Waals surface area contributed by atoms with E-state index >= 15 is 0 Å². The van der Waals surface area contributed by atoms with Gasteiger partial charge in [-0.25, -0.2) is 41.4 Å². The Bertz CT molecular complexity index is 2440. The molecule has 4 atom stereocenters. The number of esters is 1. The van der Waals surface area contributed by atoms with E-state index in [-0.39, 0.29) is 48.9 Å². The van der Waals surface area contributed by atoms with E-state index in [9.17, 15) is 27.6 Å². The van der Waals surface area contributed by atoms with Gasteiger partial charge in [0, 0.05) is 29.7 Å². The van der Waals surface area contributed by atoms with Crippen molar-refractivity contribution in [1.82, 2.24) is 29.2 Å². The highest BCUT2D eigenvalue weighted by atomic mass is 79.9. The third-order valence-electron chi connectivity index (χ3n) is 9.13. The van der Waals surface area contributed by atoms with Crippen LogP contribution < -0.4 is 9.80 Å². The number of nitriles is 2. The number of halogens is 5. The maximum absolute atomic E-state index is 14.4. The number of hydrogen-bond donors (Lipinski definition) is 0. The zero-order valence-corrected chi connectivity index (χ0v) is 29.3. The molecule has 0 unspecified atom stereocenters. The number of carbonyl (C=O) groups excluding carboxylic acids is 1. The molecule has 53 heavy (non-hydrogen) atoms. The van der Waals surface area contributed by atoms with Crippen LogP contribution in [0.2, 0.25) is 0 Å². The van der Waals surface area contributed by atoms with Gasteiger partial charge in [-0.2, -0.15) is 20.7 Å². The molecule has 2 aliphatic rings. The maximum atomic E-state index is 14.4. The monoisotopic (exact) mass is 786 g/mol. The van der Waals surface area contributed by atoms with Crippen LogP contribution in [-0.2, 0) is 4.74 Å². The number of methoxy groups -OCH3 is 1. The number of fused-ring (bicyclic) bond motifs is 2. The molecule has 0 radical (unpaired) electrons. The van der Waals surface area contributed by atoms with Crippen molar-refractivity contribution < 1.29 is 27.1 Å². The van der Waals surface area contributed by atoms with Crippen molar-refractivity contribution >= 4 is 44.8 Å². The average molecular weight is 788 g/mol. The molecule has 12 nitrogen and oxygen atoms in total. The van der Waals surface area contributed by atoms with E-state index in [0.29, 0.717) is 39.6 Å². The van der Waals surface area contributed by atoms with Crippen LogP contribution in [0.1, 0.15) is 57.5 Å². The van der Waals surface area contributed by atoms with Gasteiger partial charge < -0.3 is 14.5 Å². The first-order valence-electron chi connectivity index (χ1n) is 16.2. The number of hydrogen-bond acceptors (Lipinski definition) is 10. The standard InChI is InChI=1S/C19H15F2N5O2.C17H12BrF2N5/c1-28-19(27)14-3-2-12(20)6-15(14)16-7-13(21)10-25(16)17-4-5-26-18(24-17)11(8-22)9-23-26;18-14-2-1-11(19)5-13(14)15-6-12(20)9-24(15)16-3-4-25-17(23-16)10(7-21)8-22-25/h2-6,9,13,16H,7,10H2,1H3;1-5,8,12,15H,6,9H2/t13-,16+;12-,15+/m00/s1. The van der Waals surface area contributed by atoms with Crippen molar-refractivity contribution in [2.45, 2.75) is 37.3 Å². The lowest BCUT2D eigenvalue weighted by Crippen LogP contribution is -2.26. The summed E-state index contributed by atoms with van der Waals surface area (Å²) in [4.78, 5) is 24.5. The summed E-state index contributed by atoms with van der Waals surface area (Å²) in [5, 5.41) is 26.4. The molecule has 268 valence electrons. The summed E-state index contributed by atoms with van der Waals surface area (Å²) in [6, 6.07) is 14.6. The third-order valence-corrected chi connectivity index (χ3v) is 9.86. The maximum Gasteiger partial charge on any atom is 0.338 e. The normalized spacial score (nSPS) is 19.5. The second kappa shape index (κ2) is 14.5. The molecule has 8 rings (SSSR count). The minimum absolute atomic E-state index is 0.0288. The molecule has 0 amide bonds. The summed E-state index contributed by atoms with van der Waals surface area (Å²) in [5.41, 5.74) is 2.58. The second-order valence-corrected chi connectivity index (χ2v) is 13.2. The average Bonchev–Trinajstić information content (AvgIpc) is 3.96. The molecule has 2 aromatic carbocycles. The smallest absolute Gasteiger partial charge is 0.338 e. The van der Waals surface area contributed by atoms with Gasteiger partial charge in [0.25, 0.3) is 0 Å². The first kappa shape index (κ1) is 35.3. The van der Waals surface area contributed by atoms with Crippen molar-refractivity contribution in [2.75, 3.05) is 30.0 Å². The Balaban J connectivity index is 0.000000165. The van der Waals surface area contributed by atoms with E-state index in [1.54, 1.807) is 40.4 Å². The Hall–Kier alpha value is -6.07. The van der Waals surface area contributed by atoms with E-state index in [1.165, 1.54) is 52.8 Å². The van der Waals surface area contributed by atoms with Gasteiger partial charge in [-0.15, -0.1) is 0 Å². The molecule has 6 heterocycles. The third kappa shape index (κ3) is 6.83. The van der Waals surface area contributed by atoms with E-state index in [2.05, 4.69) is 36.1 Å². The molecule has 6 aromatic rings. The molecule has 0 bridgehead atoms. The van der Waals surface area contributed by atoms with Crippen molar-refractivity contribution in [3.8, 4) is 12.1 Å². The Morgan fingerprint density at radius 2 is 1.28 bits per heavy atom. The van der Waals surface area contributed by atoms with Crippen LogP contribution in [0.5, 0.6) is 0 Å². The number of aromatic nitrogens is 6. The second-order valence-electron chi connectivity index (χ2n) is 12.3. The van der Waals surface area contributed by atoms with Gasteiger partial charge in [-0.3, -0.25) is 0 Å². The van der Waals surface area contributed by atoms with Crippen LogP contribution in [0.4, 0.5) is 29.2 Å². The lowest BCUT2D eigenvalue weighted by Gasteiger charge is -2.27. The fourth-order valence-electron chi connectivity index (χ4n) is 6.74. The number of benzene rings is 2. The van der Waals surface area contributed by atoms with E-state index in [4.69, 9.17) is 10.00 Å². The number of nitrogens with zero attached hydrogens (tertiary/aromatic N) is 10. The van der Waals surface area contributed by atoms with Gasteiger partial charge in [0.05, 0.1) is 50.2 Å². The zero-order valence-electron chi connectivity index (χ0n) is 27.7. The predicted molar refractivity (Wildman–Crippen MR) is 186 cm³/mol. The highest BCUT2D eigenvalue weighted by molar-refractivity contribution is 9.10. The van der Waals surface area contributed by atoms with Crippen molar-refractivity contribution in [3.63, 3.8) is 0 Å². The number of ether oxygens (including phenoxy) is 1. The first-order chi connectivity index (χ1) is 25.6. The Morgan fingerprint density at radius 3 is 1.79 bits per heavy atom. The lowest BCUT2D eigenvalue weighted by atomic mass is 9.97. The lowest BCUT2D eigenvalue weighted by molar-refractivity contribution is 0.0598. The topological polar surface area (TPSA) is 141 Å². The van der Waals surface area contributed by atoms with E-state index in [0.717, 1.165) is 10.5 Å². The fourth-order valence-corrected chi connectivity index (χ4v) is 7.25. The number of carbonyl (C=O) groups is 1. The largest absolute Gasteiger partial charge is 0.465 e. The molecule has 17 heteroatoms. The van der Waals surface area contributed by atoms with Gasteiger partial charge >= 0.3 is 5.97 Å². The molecular formula is C36H27BrF4N10O2. The SMILES string of the molecule is COC(=O)c1ccc(F)cc1[C@H]1C[C@H](F)CN1c1ccn2ncc(C#N)c2n1.N#Cc1cnn2ccc(N3C[C@@H](F)C[C@@H]3c3cc(F)ccc3Br)nc12. The predicted octanol–water partition coefficient (Wildman–Crippen LogP) is 6.61. The highest BCUT2D eigenvalue weighted by Crippen LogP contribution is 2.41. The van der Waals surface area contributed by atoms with Crippen LogP contribution in [0, 0.1) is 34.3 Å². The molecular weight excluding hydrogens is 760 g/mol. The highest BCUT2D eigenvalue weighted by Gasteiger charge is 2.37. The van der Waals surface area contributed by atoms with Crippen LogP contribution >= 0.6 is 15.9 Å². The van der Waals surface area contributed by atoms with Gasteiger partial charge in [0.1, 0.15) is 58.9 Å². The van der Waals surface area contributed by atoms with Gasteiger partial charge in [0.2, 0.25) is 0 Å². The Labute approximate surface area is 307 Å². The fraction of sp³-hybridized carbons (Fsp3) is 0.250. The molecule has 4 aromatic heterocycles. The molecule has 0 saturated carbocycles. The molecule has 2 aliphatic heterocycles. The van der Waals surface area contributed by atoms with Crippen molar-refractivity contribution in [2.24, 2.45) is 0 Å².